The Morgan fingerprint density at radius 1 is 1.07 bits per heavy atom. The van der Waals surface area contributed by atoms with E-state index in [0.717, 1.165) is 5.56 Å². The maximum Gasteiger partial charge on any atom is 0.329 e. The van der Waals surface area contributed by atoms with E-state index in [9.17, 15) is 19.2 Å². The van der Waals surface area contributed by atoms with Crippen LogP contribution >= 0.6 is 0 Å². The lowest BCUT2D eigenvalue weighted by Gasteiger charge is -2.23. The third-order valence-corrected chi connectivity index (χ3v) is 3.83. The van der Waals surface area contributed by atoms with Crippen LogP contribution in [0.4, 0.5) is 4.79 Å². The highest BCUT2D eigenvalue weighted by molar-refractivity contribution is 5.99. The van der Waals surface area contributed by atoms with Crippen LogP contribution in [0.3, 0.4) is 0 Å². The Kier molecular flexibility index (Phi) is 8.44. The molecule has 0 aliphatic heterocycles. The Labute approximate surface area is 159 Å². The van der Waals surface area contributed by atoms with Gasteiger partial charge in [0.1, 0.15) is 6.04 Å². The highest BCUT2D eigenvalue weighted by atomic mass is 16.5. The zero-order valence-electron chi connectivity index (χ0n) is 16.3. The lowest BCUT2D eigenvalue weighted by molar-refractivity contribution is -0.157. The van der Waals surface area contributed by atoms with Gasteiger partial charge < -0.3 is 15.4 Å². The minimum Gasteiger partial charge on any atom is -0.451 e. The molecule has 148 valence electrons. The summed E-state index contributed by atoms with van der Waals surface area (Å²) in [5.74, 6) is -2.15. The molecule has 0 aliphatic carbocycles. The quantitative estimate of drug-likeness (QED) is 0.624. The van der Waals surface area contributed by atoms with E-state index in [2.05, 4.69) is 16.0 Å². The van der Waals surface area contributed by atoms with Gasteiger partial charge in [-0.05, 0) is 38.3 Å². The molecular formula is C19H27N3O5. The van der Waals surface area contributed by atoms with Crippen molar-refractivity contribution in [3.8, 4) is 0 Å². The number of amides is 4. The van der Waals surface area contributed by atoms with Crippen molar-refractivity contribution >= 4 is 23.8 Å². The van der Waals surface area contributed by atoms with Gasteiger partial charge in [-0.1, -0.05) is 32.0 Å². The number of nitrogens with one attached hydrogen (secondary N) is 3. The molecule has 1 aromatic rings. The summed E-state index contributed by atoms with van der Waals surface area (Å²) in [7, 11) is 0. The molecule has 27 heavy (non-hydrogen) atoms. The lowest BCUT2D eigenvalue weighted by Crippen LogP contribution is -2.49. The smallest absolute Gasteiger partial charge is 0.329 e. The maximum atomic E-state index is 12.5. The van der Waals surface area contributed by atoms with Gasteiger partial charge in [-0.15, -0.1) is 0 Å². The second-order valence-corrected chi connectivity index (χ2v) is 6.44. The van der Waals surface area contributed by atoms with E-state index in [4.69, 9.17) is 4.74 Å². The molecule has 4 amide bonds. The van der Waals surface area contributed by atoms with Crippen LogP contribution in [0.1, 0.15) is 43.6 Å². The third-order valence-electron chi connectivity index (χ3n) is 3.83. The standard InChI is InChI=1S/C19H27N3O5/c1-6-20-19(26)22-16(23)13(5)27-18(25)15(11(2)3)21-17(24)14-10-8-7-9-12(14)4/h7-11,13,15H,6H2,1-5H3,(H,21,24)(H2,20,22,23,26)/t13-,15+/m1/s1. The zero-order valence-corrected chi connectivity index (χ0v) is 16.3. The number of rotatable bonds is 7. The average Bonchev–Trinajstić information content (AvgIpc) is 2.59. The highest BCUT2D eigenvalue weighted by Crippen LogP contribution is 2.11. The number of hydrogen-bond acceptors (Lipinski definition) is 5. The first-order valence-corrected chi connectivity index (χ1v) is 8.83. The van der Waals surface area contributed by atoms with E-state index in [0.29, 0.717) is 12.1 Å². The van der Waals surface area contributed by atoms with Crippen LogP contribution in [0, 0.1) is 12.8 Å². The molecule has 0 spiro atoms. The molecule has 0 aliphatic rings. The molecule has 2 atom stereocenters. The van der Waals surface area contributed by atoms with Crippen LogP contribution in [-0.2, 0) is 14.3 Å². The predicted octanol–water partition coefficient (Wildman–Crippen LogP) is 1.53. The van der Waals surface area contributed by atoms with Gasteiger partial charge in [-0.25, -0.2) is 9.59 Å². The Morgan fingerprint density at radius 3 is 2.26 bits per heavy atom. The van der Waals surface area contributed by atoms with E-state index in [1.807, 2.05) is 6.07 Å². The number of carbonyl (C=O) groups excluding carboxylic acids is 4. The largest absolute Gasteiger partial charge is 0.451 e. The highest BCUT2D eigenvalue weighted by Gasteiger charge is 2.29. The van der Waals surface area contributed by atoms with Gasteiger partial charge in [-0.2, -0.15) is 0 Å². The van der Waals surface area contributed by atoms with Gasteiger partial charge in [-0.3, -0.25) is 14.9 Å². The topological polar surface area (TPSA) is 114 Å². The Morgan fingerprint density at radius 2 is 1.70 bits per heavy atom. The van der Waals surface area contributed by atoms with Crippen LogP contribution in [-0.4, -0.2) is 42.5 Å². The Balaban J connectivity index is 2.75. The number of aryl methyl sites for hydroxylation is 1. The first kappa shape index (κ1) is 22.1. The minimum atomic E-state index is -1.18. The molecule has 1 rings (SSSR count). The normalized spacial score (nSPS) is 12.7. The van der Waals surface area contributed by atoms with E-state index in [1.165, 1.54) is 6.92 Å². The molecule has 0 bridgehead atoms. The maximum absolute atomic E-state index is 12.5. The van der Waals surface area contributed by atoms with Crippen molar-refractivity contribution in [2.45, 2.75) is 46.8 Å². The van der Waals surface area contributed by atoms with Gasteiger partial charge in [0.25, 0.3) is 11.8 Å². The molecule has 0 aromatic heterocycles. The number of imide groups is 1. The number of ether oxygens (including phenoxy) is 1. The van der Waals surface area contributed by atoms with Gasteiger partial charge in [0, 0.05) is 12.1 Å². The second-order valence-electron chi connectivity index (χ2n) is 6.44. The van der Waals surface area contributed by atoms with Crippen molar-refractivity contribution in [3.05, 3.63) is 35.4 Å². The van der Waals surface area contributed by atoms with E-state index < -0.39 is 36.0 Å². The van der Waals surface area contributed by atoms with E-state index in [1.54, 1.807) is 45.9 Å². The average molecular weight is 377 g/mol. The van der Waals surface area contributed by atoms with Crippen molar-refractivity contribution in [1.29, 1.82) is 0 Å². The summed E-state index contributed by atoms with van der Waals surface area (Å²) in [4.78, 5) is 48.2. The van der Waals surface area contributed by atoms with Crippen LogP contribution in [0.25, 0.3) is 0 Å². The SMILES string of the molecule is CCNC(=O)NC(=O)[C@@H](C)OC(=O)[C@@H](NC(=O)c1ccccc1C)C(C)C. The van der Waals surface area contributed by atoms with Crippen LogP contribution in [0.15, 0.2) is 24.3 Å². The minimum absolute atomic E-state index is 0.260. The molecule has 0 saturated heterocycles. The first-order valence-electron chi connectivity index (χ1n) is 8.83. The summed E-state index contributed by atoms with van der Waals surface area (Å²) >= 11 is 0. The molecular weight excluding hydrogens is 350 g/mol. The number of carbonyl (C=O) groups is 4. The number of hydrogen-bond donors (Lipinski definition) is 3. The van der Waals surface area contributed by atoms with Gasteiger partial charge in [0.15, 0.2) is 6.10 Å². The van der Waals surface area contributed by atoms with Crippen molar-refractivity contribution < 1.29 is 23.9 Å². The fourth-order valence-corrected chi connectivity index (χ4v) is 2.26. The van der Waals surface area contributed by atoms with Crippen molar-refractivity contribution in [3.63, 3.8) is 0 Å². The third kappa shape index (κ3) is 6.73. The van der Waals surface area contributed by atoms with Crippen LogP contribution in [0.2, 0.25) is 0 Å². The Bertz CT molecular complexity index is 702. The molecule has 1 aromatic carbocycles. The molecule has 0 fully saturated rings. The fourth-order valence-electron chi connectivity index (χ4n) is 2.26. The summed E-state index contributed by atoms with van der Waals surface area (Å²) in [6.45, 7) is 8.72. The Hall–Kier alpha value is -2.90. The monoisotopic (exact) mass is 377 g/mol. The van der Waals surface area contributed by atoms with Crippen molar-refractivity contribution in [2.24, 2.45) is 5.92 Å². The van der Waals surface area contributed by atoms with Crippen LogP contribution < -0.4 is 16.0 Å². The predicted molar refractivity (Wildman–Crippen MR) is 100 cm³/mol. The summed E-state index contributed by atoms with van der Waals surface area (Å²) in [5.41, 5.74) is 1.23. The zero-order chi connectivity index (χ0) is 20.6. The summed E-state index contributed by atoms with van der Waals surface area (Å²) in [5, 5.41) is 7.14. The number of benzene rings is 1. The van der Waals surface area contributed by atoms with E-state index in [-0.39, 0.29) is 5.92 Å². The molecule has 8 nitrogen and oxygen atoms in total. The second kappa shape index (κ2) is 10.3. The van der Waals surface area contributed by atoms with Gasteiger partial charge >= 0.3 is 12.0 Å². The molecule has 0 radical (unpaired) electrons. The summed E-state index contributed by atoms with van der Waals surface area (Å²) in [6.07, 6.45) is -1.18. The summed E-state index contributed by atoms with van der Waals surface area (Å²) in [6, 6.07) is 5.41. The fraction of sp³-hybridized carbons (Fsp3) is 0.474. The van der Waals surface area contributed by atoms with Crippen molar-refractivity contribution in [2.75, 3.05) is 6.54 Å². The number of urea groups is 1. The molecule has 0 unspecified atom stereocenters. The lowest BCUT2D eigenvalue weighted by atomic mass is 10.0. The molecule has 0 heterocycles. The van der Waals surface area contributed by atoms with Crippen molar-refractivity contribution in [1.82, 2.24) is 16.0 Å². The molecule has 8 heteroatoms. The molecule has 3 N–H and O–H groups in total. The van der Waals surface area contributed by atoms with Gasteiger partial charge in [0.2, 0.25) is 0 Å². The van der Waals surface area contributed by atoms with Gasteiger partial charge in [0.05, 0.1) is 0 Å². The van der Waals surface area contributed by atoms with E-state index >= 15 is 0 Å². The summed E-state index contributed by atoms with van der Waals surface area (Å²) < 4.78 is 5.14. The number of esters is 1. The first-order chi connectivity index (χ1) is 12.7. The molecule has 0 saturated carbocycles. The van der Waals surface area contributed by atoms with Crippen LogP contribution in [0.5, 0.6) is 0 Å².